The van der Waals surface area contributed by atoms with Crippen molar-refractivity contribution in [3.63, 3.8) is 0 Å². The van der Waals surface area contributed by atoms with Crippen LogP contribution in [0.1, 0.15) is 101 Å². The zero-order valence-corrected chi connectivity index (χ0v) is 27.8. The molecule has 1 saturated carbocycles. The highest BCUT2D eigenvalue weighted by molar-refractivity contribution is 5.74. The molecular formula is C37H49N5O3. The Morgan fingerprint density at radius 2 is 1.84 bits per heavy atom. The van der Waals surface area contributed by atoms with Crippen LogP contribution in [0, 0.1) is 5.92 Å². The summed E-state index contributed by atoms with van der Waals surface area (Å²) in [6.45, 7) is 13.3. The molecule has 1 saturated heterocycles. The van der Waals surface area contributed by atoms with Gasteiger partial charge < -0.3 is 19.0 Å². The number of benzene rings is 1. The van der Waals surface area contributed by atoms with Gasteiger partial charge in [-0.25, -0.2) is 9.97 Å². The summed E-state index contributed by atoms with van der Waals surface area (Å²) in [5.74, 6) is 2.59. The van der Waals surface area contributed by atoms with Crippen molar-refractivity contribution in [1.82, 2.24) is 24.4 Å². The van der Waals surface area contributed by atoms with E-state index in [1.165, 1.54) is 6.42 Å². The average Bonchev–Trinajstić information content (AvgIpc) is 3.76. The molecule has 0 bridgehead atoms. The number of hydrogen-bond acceptors (Lipinski definition) is 6. The van der Waals surface area contributed by atoms with Crippen molar-refractivity contribution >= 4 is 11.5 Å². The van der Waals surface area contributed by atoms with Crippen molar-refractivity contribution in [2.45, 2.75) is 90.4 Å². The first-order valence-electron chi connectivity index (χ1n) is 16.3. The number of aromatic nitrogens is 4. The van der Waals surface area contributed by atoms with E-state index >= 15 is 0 Å². The number of rotatable bonds is 10. The minimum absolute atomic E-state index is 0.0646. The number of nitrogens with one attached hydrogen (secondary N) is 1. The number of aromatic amines is 1. The van der Waals surface area contributed by atoms with Crippen molar-refractivity contribution in [2.75, 3.05) is 13.6 Å². The van der Waals surface area contributed by atoms with Crippen molar-refractivity contribution in [3.05, 3.63) is 90.1 Å². The molecule has 5 rings (SSSR count). The molecule has 3 aromatic rings. The van der Waals surface area contributed by atoms with Crippen LogP contribution in [-0.2, 0) is 27.9 Å². The van der Waals surface area contributed by atoms with Crippen LogP contribution in [0.3, 0.4) is 0 Å². The van der Waals surface area contributed by atoms with Crippen molar-refractivity contribution < 1.29 is 14.3 Å². The van der Waals surface area contributed by atoms with Gasteiger partial charge in [0.1, 0.15) is 23.9 Å². The van der Waals surface area contributed by atoms with Crippen LogP contribution < -0.4 is 0 Å². The molecule has 2 aromatic heterocycles. The summed E-state index contributed by atoms with van der Waals surface area (Å²) in [6.07, 6.45) is 16.0. The Bertz CT molecular complexity index is 1540. The molecule has 2 fully saturated rings. The minimum Gasteiger partial charge on any atom is -0.494 e. The number of likely N-dealkylation sites (tertiary alicyclic amines) is 1. The number of nitrogens with zero attached hydrogens (tertiary/aromatic N) is 4. The molecule has 1 aliphatic heterocycles. The van der Waals surface area contributed by atoms with Crippen molar-refractivity contribution in [1.29, 1.82) is 0 Å². The van der Waals surface area contributed by atoms with Crippen molar-refractivity contribution in [3.8, 4) is 11.3 Å². The number of hydrogen-bond donors (Lipinski definition) is 1. The van der Waals surface area contributed by atoms with Crippen LogP contribution in [0.5, 0.6) is 0 Å². The van der Waals surface area contributed by atoms with Gasteiger partial charge in [0.15, 0.2) is 0 Å². The molecule has 3 heterocycles. The molecule has 1 aromatic carbocycles. The number of aryl methyl sites for hydroxylation is 1. The molecule has 1 N–H and O–H groups in total. The maximum Gasteiger partial charge on any atom is 0.310 e. The zero-order chi connectivity index (χ0) is 32.1. The molecule has 3 unspecified atom stereocenters. The predicted molar refractivity (Wildman–Crippen MR) is 179 cm³/mol. The third-order valence-corrected chi connectivity index (χ3v) is 8.90. The maximum atomic E-state index is 13.1. The van der Waals surface area contributed by atoms with E-state index in [2.05, 4.69) is 63.5 Å². The number of allylic oxidation sites excluding steroid dienone is 5. The normalized spacial score (nSPS) is 21.6. The number of imidazole rings is 2. The second kappa shape index (κ2) is 14.0. The second-order valence-electron chi connectivity index (χ2n) is 13.5. The van der Waals surface area contributed by atoms with E-state index in [1.54, 1.807) is 0 Å². The smallest absolute Gasteiger partial charge is 0.310 e. The highest BCUT2D eigenvalue weighted by atomic mass is 16.6. The SMILES string of the molecule is C=C/C(=C\C=C(/C)OCc1ccc(-c2cn(C)c(C3CCCCC3C(=O)OC(C)(C)C)n2)cc1)c1cnc(C2CCCN2C)[nH]1. The maximum absolute atomic E-state index is 13.1. The van der Waals surface area contributed by atoms with Gasteiger partial charge in [-0.3, -0.25) is 9.69 Å². The molecule has 0 spiro atoms. The number of ether oxygens (including phenoxy) is 2. The molecule has 8 nitrogen and oxygen atoms in total. The predicted octanol–water partition coefficient (Wildman–Crippen LogP) is 7.88. The molecule has 1 aliphatic carbocycles. The fourth-order valence-electron chi connectivity index (χ4n) is 6.46. The molecule has 2 aliphatic rings. The van der Waals surface area contributed by atoms with Crippen LogP contribution in [0.25, 0.3) is 16.8 Å². The molecule has 3 atom stereocenters. The number of carbonyl (C=O) groups is 1. The van der Waals surface area contributed by atoms with E-state index < -0.39 is 5.60 Å². The Hall–Kier alpha value is -3.91. The van der Waals surface area contributed by atoms with Crippen molar-refractivity contribution in [2.24, 2.45) is 13.0 Å². The lowest BCUT2D eigenvalue weighted by Gasteiger charge is -2.32. The van der Waals surface area contributed by atoms with Gasteiger partial charge >= 0.3 is 5.97 Å². The lowest BCUT2D eigenvalue weighted by molar-refractivity contribution is -0.162. The third kappa shape index (κ3) is 8.03. The van der Waals surface area contributed by atoms with E-state index in [0.717, 1.165) is 84.1 Å². The van der Waals surface area contributed by atoms with E-state index in [-0.39, 0.29) is 17.8 Å². The van der Waals surface area contributed by atoms with Gasteiger partial charge in [0.2, 0.25) is 0 Å². The zero-order valence-electron chi connectivity index (χ0n) is 27.8. The molecule has 0 amide bonds. The van der Waals surface area contributed by atoms with Gasteiger partial charge in [-0.1, -0.05) is 49.8 Å². The highest BCUT2D eigenvalue weighted by Gasteiger charge is 2.37. The fraction of sp³-hybridized carbons (Fsp3) is 0.486. The van der Waals surface area contributed by atoms with E-state index in [4.69, 9.17) is 14.5 Å². The summed E-state index contributed by atoms with van der Waals surface area (Å²) in [5, 5.41) is 0. The second-order valence-corrected chi connectivity index (χ2v) is 13.5. The molecular weight excluding hydrogens is 562 g/mol. The van der Waals surface area contributed by atoms with Gasteiger partial charge in [0.25, 0.3) is 0 Å². The first-order valence-corrected chi connectivity index (χ1v) is 16.3. The Morgan fingerprint density at radius 1 is 1.09 bits per heavy atom. The Morgan fingerprint density at radius 3 is 2.53 bits per heavy atom. The molecule has 45 heavy (non-hydrogen) atoms. The largest absolute Gasteiger partial charge is 0.494 e. The first-order chi connectivity index (χ1) is 21.5. The summed E-state index contributed by atoms with van der Waals surface area (Å²) >= 11 is 0. The van der Waals surface area contributed by atoms with Gasteiger partial charge in [-0.15, -0.1) is 0 Å². The molecule has 8 heteroatoms. The van der Waals surface area contributed by atoms with Gasteiger partial charge in [0.05, 0.1) is 35.3 Å². The average molecular weight is 612 g/mol. The Labute approximate surface area is 268 Å². The van der Waals surface area contributed by atoms with Crippen LogP contribution >= 0.6 is 0 Å². The lowest BCUT2D eigenvalue weighted by Crippen LogP contribution is -2.34. The molecule has 0 radical (unpaired) electrons. The Kier molecular flexibility index (Phi) is 10.1. The van der Waals surface area contributed by atoms with Gasteiger partial charge in [-0.2, -0.15) is 0 Å². The van der Waals surface area contributed by atoms with E-state index in [0.29, 0.717) is 12.6 Å². The topological polar surface area (TPSA) is 85.3 Å². The first kappa shape index (κ1) is 32.5. The monoisotopic (exact) mass is 611 g/mol. The standard InChI is InChI=1S/C37H49N5O3/c1-8-27(31-22-38-34(39-31)33-14-11-21-41(33)6)18-15-25(2)44-24-26-16-19-28(20-17-26)32-23-42(7)35(40-32)29-12-9-10-13-30(29)36(43)45-37(3,4)5/h8,15-20,22-23,29-30,33H,1,9-14,21,24H2,2-7H3,(H,38,39)/b25-15+,27-18+. The number of esters is 1. The van der Waals surface area contributed by atoms with E-state index in [1.807, 2.05) is 59.2 Å². The van der Waals surface area contributed by atoms with Crippen LogP contribution in [-0.4, -0.2) is 49.6 Å². The number of carbonyl (C=O) groups excluding carboxylic acids is 1. The summed E-state index contributed by atoms with van der Waals surface area (Å²) in [4.78, 5) is 28.6. The Balaban J connectivity index is 1.20. The number of H-pyrrole nitrogens is 1. The van der Waals surface area contributed by atoms with E-state index in [9.17, 15) is 4.79 Å². The summed E-state index contributed by atoms with van der Waals surface area (Å²) in [7, 11) is 4.17. The quantitative estimate of drug-likeness (QED) is 0.143. The molecule has 240 valence electrons. The minimum atomic E-state index is -0.492. The lowest BCUT2D eigenvalue weighted by atomic mass is 9.78. The summed E-state index contributed by atoms with van der Waals surface area (Å²) in [6, 6.07) is 8.69. The van der Waals surface area contributed by atoms with Crippen LogP contribution in [0.2, 0.25) is 0 Å². The third-order valence-electron chi connectivity index (χ3n) is 8.90. The van der Waals surface area contributed by atoms with Gasteiger partial charge in [-0.05, 0) is 90.3 Å². The highest BCUT2D eigenvalue weighted by Crippen LogP contribution is 2.39. The van der Waals surface area contributed by atoms with Gasteiger partial charge in [0, 0.05) is 24.7 Å². The summed E-state index contributed by atoms with van der Waals surface area (Å²) < 4.78 is 13.9. The fourth-order valence-corrected chi connectivity index (χ4v) is 6.46. The summed E-state index contributed by atoms with van der Waals surface area (Å²) in [5.41, 5.74) is 4.47. The van der Waals surface area contributed by atoms with Crippen LogP contribution in [0.15, 0.2) is 67.2 Å². The van der Waals surface area contributed by atoms with Crippen LogP contribution in [0.4, 0.5) is 0 Å².